The largest absolute Gasteiger partial charge is 0.427 e. The SMILES string of the molecule is CC(=O)Oc1cccc(CCCCC2CC3=C[C@@H](O)CC[C@]3(C)C3CC[C@@]4(C)C(CC[C@]4(C)O)C23)c1. The quantitative estimate of drug-likeness (QED) is 0.202. The maximum absolute atomic E-state index is 11.4. The molecule has 4 aliphatic rings. The van der Waals surface area contributed by atoms with Crippen LogP contribution in [0.15, 0.2) is 35.9 Å². The van der Waals surface area contributed by atoms with E-state index in [1.807, 2.05) is 18.2 Å². The lowest BCUT2D eigenvalue weighted by Crippen LogP contribution is -2.56. The minimum Gasteiger partial charge on any atom is -0.427 e. The van der Waals surface area contributed by atoms with Gasteiger partial charge in [-0.05, 0) is 123 Å². The van der Waals surface area contributed by atoms with Crippen molar-refractivity contribution in [3.05, 3.63) is 41.5 Å². The normalized spacial score (nSPS) is 41.6. The van der Waals surface area contributed by atoms with Gasteiger partial charge in [-0.2, -0.15) is 0 Å². The van der Waals surface area contributed by atoms with Gasteiger partial charge in [0.1, 0.15) is 5.75 Å². The topological polar surface area (TPSA) is 66.8 Å². The Labute approximate surface area is 217 Å². The van der Waals surface area contributed by atoms with E-state index in [0.717, 1.165) is 51.4 Å². The highest BCUT2D eigenvalue weighted by Gasteiger charge is 2.64. The molecule has 1 aromatic rings. The number of rotatable bonds is 6. The van der Waals surface area contributed by atoms with Crippen LogP contribution < -0.4 is 4.74 Å². The molecular weight excluding hydrogens is 448 g/mol. The summed E-state index contributed by atoms with van der Waals surface area (Å²) < 4.78 is 5.26. The van der Waals surface area contributed by atoms with Crippen molar-refractivity contribution in [2.24, 2.45) is 34.5 Å². The van der Waals surface area contributed by atoms with Crippen LogP contribution in [0.3, 0.4) is 0 Å². The Morgan fingerprint density at radius 1 is 1.06 bits per heavy atom. The predicted octanol–water partition coefficient (Wildman–Crippen LogP) is 6.63. The minimum atomic E-state index is -0.556. The van der Waals surface area contributed by atoms with Gasteiger partial charge in [0.05, 0.1) is 11.7 Å². The molecule has 0 aromatic heterocycles. The average Bonchev–Trinajstić information content (AvgIpc) is 3.06. The van der Waals surface area contributed by atoms with E-state index in [9.17, 15) is 15.0 Å². The van der Waals surface area contributed by atoms with Crippen LogP contribution in [0.4, 0.5) is 0 Å². The number of ether oxygens (including phenoxy) is 1. The van der Waals surface area contributed by atoms with Crippen LogP contribution in [0.2, 0.25) is 0 Å². The third kappa shape index (κ3) is 4.47. The number of aliphatic hydroxyl groups excluding tert-OH is 1. The molecule has 1 aromatic carbocycles. The summed E-state index contributed by atoms with van der Waals surface area (Å²) >= 11 is 0. The highest BCUT2D eigenvalue weighted by molar-refractivity contribution is 5.69. The standard InChI is InChI=1S/C32H46O4/c1-21(33)36-26-11-7-9-22(18-26)8-5-6-10-23-19-24-20-25(34)12-15-30(24,2)27-13-16-31(3)28(29(23)27)14-17-32(31,4)35/h7,9,11,18,20,23,25,27-29,34-35H,5-6,8,10,12-17,19H2,1-4H3/t23?,25-,27?,28?,29?,30-,31-,32-/m0/s1. The molecule has 0 radical (unpaired) electrons. The van der Waals surface area contributed by atoms with Crippen LogP contribution in [0.1, 0.15) is 97.5 Å². The van der Waals surface area contributed by atoms with Crippen LogP contribution >= 0.6 is 0 Å². The Hall–Kier alpha value is -1.65. The minimum absolute atomic E-state index is 0.0231. The number of hydrogen-bond donors (Lipinski definition) is 2. The first-order chi connectivity index (χ1) is 17.0. The Morgan fingerprint density at radius 2 is 1.83 bits per heavy atom. The van der Waals surface area contributed by atoms with Gasteiger partial charge in [0, 0.05) is 6.92 Å². The van der Waals surface area contributed by atoms with Gasteiger partial charge in [-0.3, -0.25) is 4.79 Å². The van der Waals surface area contributed by atoms with Crippen LogP contribution in [0.5, 0.6) is 5.75 Å². The third-order valence-corrected chi connectivity index (χ3v) is 11.3. The van der Waals surface area contributed by atoms with E-state index in [1.165, 1.54) is 37.3 Å². The highest BCUT2D eigenvalue weighted by Crippen LogP contribution is 2.69. The van der Waals surface area contributed by atoms with Crippen molar-refractivity contribution in [1.82, 2.24) is 0 Å². The first kappa shape index (κ1) is 26.0. The summed E-state index contributed by atoms with van der Waals surface area (Å²) in [6.07, 6.45) is 14.0. The second kappa shape index (κ2) is 9.58. The summed E-state index contributed by atoms with van der Waals surface area (Å²) in [6, 6.07) is 7.92. The second-order valence-corrected chi connectivity index (χ2v) is 13.2. The molecule has 0 spiro atoms. The van der Waals surface area contributed by atoms with Crippen molar-refractivity contribution < 1.29 is 19.7 Å². The van der Waals surface area contributed by atoms with Crippen molar-refractivity contribution >= 4 is 5.97 Å². The molecule has 3 fully saturated rings. The summed E-state index contributed by atoms with van der Waals surface area (Å²) in [5, 5.41) is 21.9. The molecule has 4 unspecified atom stereocenters. The number of allylic oxidation sites excluding steroid dienone is 1. The van der Waals surface area contributed by atoms with Gasteiger partial charge in [0.15, 0.2) is 0 Å². The lowest BCUT2D eigenvalue weighted by Gasteiger charge is -2.61. The number of benzene rings is 1. The van der Waals surface area contributed by atoms with E-state index in [2.05, 4.69) is 32.9 Å². The van der Waals surface area contributed by atoms with Gasteiger partial charge in [-0.15, -0.1) is 0 Å². The maximum atomic E-state index is 11.4. The third-order valence-electron chi connectivity index (χ3n) is 11.3. The summed E-state index contributed by atoms with van der Waals surface area (Å²) in [7, 11) is 0. The Balaban J connectivity index is 1.32. The molecule has 0 bridgehead atoms. The van der Waals surface area contributed by atoms with Gasteiger partial charge in [0.25, 0.3) is 0 Å². The second-order valence-electron chi connectivity index (χ2n) is 13.2. The monoisotopic (exact) mass is 494 g/mol. The molecule has 8 atom stereocenters. The molecule has 0 amide bonds. The molecule has 0 heterocycles. The number of fused-ring (bicyclic) bond motifs is 5. The van der Waals surface area contributed by atoms with Gasteiger partial charge in [0.2, 0.25) is 0 Å². The zero-order valence-electron chi connectivity index (χ0n) is 22.8. The van der Waals surface area contributed by atoms with Gasteiger partial charge < -0.3 is 14.9 Å². The molecule has 0 aliphatic heterocycles. The molecule has 4 heteroatoms. The van der Waals surface area contributed by atoms with Crippen LogP contribution in [-0.4, -0.2) is 27.9 Å². The highest BCUT2D eigenvalue weighted by atomic mass is 16.5. The van der Waals surface area contributed by atoms with E-state index >= 15 is 0 Å². The summed E-state index contributed by atoms with van der Waals surface area (Å²) in [6.45, 7) is 8.41. The Morgan fingerprint density at radius 3 is 2.61 bits per heavy atom. The smallest absolute Gasteiger partial charge is 0.308 e. The van der Waals surface area contributed by atoms with Crippen LogP contribution in [-0.2, 0) is 11.2 Å². The first-order valence-corrected chi connectivity index (χ1v) is 14.4. The molecular formula is C32H46O4. The molecule has 4 aliphatic carbocycles. The molecule has 5 rings (SSSR count). The number of carbonyl (C=O) groups is 1. The maximum Gasteiger partial charge on any atom is 0.308 e. The Kier molecular flexibility index (Phi) is 6.91. The molecule has 3 saturated carbocycles. The number of esters is 1. The molecule has 4 nitrogen and oxygen atoms in total. The number of unbranched alkanes of at least 4 members (excludes halogenated alkanes) is 1. The molecule has 0 saturated heterocycles. The molecule has 36 heavy (non-hydrogen) atoms. The first-order valence-electron chi connectivity index (χ1n) is 14.4. The van der Waals surface area contributed by atoms with Crippen molar-refractivity contribution in [2.45, 2.75) is 110 Å². The van der Waals surface area contributed by atoms with Crippen LogP contribution in [0, 0.1) is 34.5 Å². The zero-order chi connectivity index (χ0) is 25.7. The predicted molar refractivity (Wildman–Crippen MR) is 143 cm³/mol. The lowest BCUT2D eigenvalue weighted by atomic mass is 9.44. The number of carbonyl (C=O) groups excluding carboxylic acids is 1. The molecule has 2 N–H and O–H groups in total. The van der Waals surface area contributed by atoms with Gasteiger partial charge in [-0.25, -0.2) is 0 Å². The summed E-state index contributed by atoms with van der Waals surface area (Å²) in [5.74, 6) is 2.92. The zero-order valence-corrected chi connectivity index (χ0v) is 22.8. The summed E-state index contributed by atoms with van der Waals surface area (Å²) in [5.41, 5.74) is 2.43. The fraction of sp³-hybridized carbons (Fsp3) is 0.719. The van der Waals surface area contributed by atoms with E-state index < -0.39 is 5.60 Å². The van der Waals surface area contributed by atoms with E-state index in [-0.39, 0.29) is 22.9 Å². The average molecular weight is 495 g/mol. The Bertz CT molecular complexity index is 1010. The van der Waals surface area contributed by atoms with Crippen molar-refractivity contribution in [3.8, 4) is 5.75 Å². The van der Waals surface area contributed by atoms with Gasteiger partial charge in [-0.1, -0.05) is 44.1 Å². The van der Waals surface area contributed by atoms with E-state index in [0.29, 0.717) is 29.4 Å². The fourth-order valence-corrected chi connectivity index (χ4v) is 9.06. The number of aliphatic hydroxyl groups is 2. The van der Waals surface area contributed by atoms with E-state index in [1.54, 1.807) is 0 Å². The molecule has 198 valence electrons. The van der Waals surface area contributed by atoms with E-state index in [4.69, 9.17) is 4.74 Å². The lowest BCUT2D eigenvalue weighted by molar-refractivity contribution is -0.133. The van der Waals surface area contributed by atoms with Crippen molar-refractivity contribution in [3.63, 3.8) is 0 Å². The number of hydrogen-bond acceptors (Lipinski definition) is 4. The summed E-state index contributed by atoms with van der Waals surface area (Å²) in [4.78, 5) is 11.3. The van der Waals surface area contributed by atoms with Crippen molar-refractivity contribution in [2.75, 3.05) is 0 Å². The van der Waals surface area contributed by atoms with Gasteiger partial charge >= 0.3 is 5.97 Å². The number of aryl methyl sites for hydroxylation is 1. The fourth-order valence-electron chi connectivity index (χ4n) is 9.06. The van der Waals surface area contributed by atoms with Crippen LogP contribution in [0.25, 0.3) is 0 Å². The van der Waals surface area contributed by atoms with Crippen molar-refractivity contribution in [1.29, 1.82) is 0 Å².